The number of fused-ring (bicyclic) bond motifs is 1. The summed E-state index contributed by atoms with van der Waals surface area (Å²) in [5.41, 5.74) is 1.42. The van der Waals surface area contributed by atoms with Crippen molar-refractivity contribution in [2.24, 2.45) is 0 Å². The number of esters is 1. The number of hydrogen-bond acceptors (Lipinski definition) is 4. The van der Waals surface area contributed by atoms with E-state index in [4.69, 9.17) is 11.6 Å². The fourth-order valence-corrected chi connectivity index (χ4v) is 1.64. The van der Waals surface area contributed by atoms with E-state index in [1.807, 2.05) is 0 Å². The van der Waals surface area contributed by atoms with Crippen LogP contribution in [0.25, 0.3) is 5.52 Å². The molecule has 0 bridgehead atoms. The molecule has 0 aliphatic carbocycles. The summed E-state index contributed by atoms with van der Waals surface area (Å²) >= 11 is 5.78. The maximum absolute atomic E-state index is 11.2. The standard InChI is InChI=1S/C10H10ClN3O2/c1-6-12-7(5-10(15)16-2)8-3-4-9(11)13-14(6)8/h3-4H,5H2,1-2H3. The highest BCUT2D eigenvalue weighted by Gasteiger charge is 2.13. The first kappa shape index (κ1) is 10.9. The third-order valence-electron chi connectivity index (χ3n) is 2.24. The molecule has 0 spiro atoms. The minimum atomic E-state index is -0.324. The number of halogens is 1. The molecule has 0 aliphatic rings. The van der Waals surface area contributed by atoms with Gasteiger partial charge in [0.1, 0.15) is 11.0 Å². The molecule has 2 rings (SSSR count). The average molecular weight is 240 g/mol. The van der Waals surface area contributed by atoms with Crippen LogP contribution in [-0.4, -0.2) is 27.7 Å². The lowest BCUT2D eigenvalue weighted by atomic mass is 10.3. The van der Waals surface area contributed by atoms with Crippen LogP contribution >= 0.6 is 11.6 Å². The van der Waals surface area contributed by atoms with Gasteiger partial charge in [0.15, 0.2) is 0 Å². The summed E-state index contributed by atoms with van der Waals surface area (Å²) in [7, 11) is 1.35. The van der Waals surface area contributed by atoms with Crippen LogP contribution in [0.4, 0.5) is 0 Å². The van der Waals surface area contributed by atoms with Crippen molar-refractivity contribution < 1.29 is 9.53 Å². The summed E-state index contributed by atoms with van der Waals surface area (Å²) in [6.45, 7) is 1.80. The van der Waals surface area contributed by atoms with Crippen molar-refractivity contribution in [1.29, 1.82) is 0 Å². The molecule has 0 fully saturated rings. The van der Waals surface area contributed by atoms with Crippen LogP contribution in [0.3, 0.4) is 0 Å². The predicted octanol–water partition coefficient (Wildman–Crippen LogP) is 1.41. The first-order valence-electron chi connectivity index (χ1n) is 4.69. The van der Waals surface area contributed by atoms with Crippen molar-refractivity contribution in [1.82, 2.24) is 14.6 Å². The van der Waals surface area contributed by atoms with Crippen LogP contribution in [0, 0.1) is 6.92 Å². The predicted molar refractivity (Wildman–Crippen MR) is 58.5 cm³/mol. The van der Waals surface area contributed by atoms with E-state index in [1.165, 1.54) is 7.11 Å². The van der Waals surface area contributed by atoms with Crippen molar-refractivity contribution in [3.8, 4) is 0 Å². The Labute approximate surface area is 97.0 Å². The van der Waals surface area contributed by atoms with Gasteiger partial charge in [-0.15, -0.1) is 0 Å². The molecule has 2 aromatic rings. The van der Waals surface area contributed by atoms with Gasteiger partial charge in [-0.25, -0.2) is 9.50 Å². The van der Waals surface area contributed by atoms with Gasteiger partial charge in [-0.2, -0.15) is 5.10 Å². The highest BCUT2D eigenvalue weighted by atomic mass is 35.5. The smallest absolute Gasteiger partial charge is 0.311 e. The zero-order chi connectivity index (χ0) is 11.7. The van der Waals surface area contributed by atoms with E-state index in [2.05, 4.69) is 14.8 Å². The molecule has 0 radical (unpaired) electrons. The second kappa shape index (κ2) is 4.09. The number of methoxy groups -OCH3 is 1. The van der Waals surface area contributed by atoms with Gasteiger partial charge in [0.05, 0.1) is 24.7 Å². The van der Waals surface area contributed by atoms with Gasteiger partial charge in [-0.1, -0.05) is 11.6 Å². The number of carbonyl (C=O) groups is 1. The monoisotopic (exact) mass is 239 g/mol. The molecule has 0 atom stereocenters. The first-order chi connectivity index (χ1) is 7.61. The number of ether oxygens (including phenoxy) is 1. The summed E-state index contributed by atoms with van der Waals surface area (Å²) in [6, 6.07) is 3.45. The molecule has 0 saturated carbocycles. The molecule has 0 amide bonds. The Kier molecular flexibility index (Phi) is 2.78. The highest BCUT2D eigenvalue weighted by molar-refractivity contribution is 6.29. The van der Waals surface area contributed by atoms with Gasteiger partial charge in [-0.05, 0) is 19.1 Å². The van der Waals surface area contributed by atoms with Gasteiger partial charge < -0.3 is 4.74 Å². The molecule has 0 N–H and O–H groups in total. The zero-order valence-electron chi connectivity index (χ0n) is 8.90. The van der Waals surface area contributed by atoms with Crippen molar-refractivity contribution in [2.75, 3.05) is 7.11 Å². The third-order valence-corrected chi connectivity index (χ3v) is 2.44. The van der Waals surface area contributed by atoms with Gasteiger partial charge in [-0.3, -0.25) is 4.79 Å². The zero-order valence-corrected chi connectivity index (χ0v) is 9.65. The van der Waals surface area contributed by atoms with Crippen molar-refractivity contribution in [3.05, 3.63) is 28.8 Å². The molecule has 0 aromatic carbocycles. The number of hydrogen-bond donors (Lipinski definition) is 0. The van der Waals surface area contributed by atoms with Crippen LogP contribution in [-0.2, 0) is 16.0 Å². The fourth-order valence-electron chi connectivity index (χ4n) is 1.51. The topological polar surface area (TPSA) is 56.5 Å². The maximum atomic E-state index is 11.2. The van der Waals surface area contributed by atoms with Crippen LogP contribution in [0.5, 0.6) is 0 Å². The second-order valence-corrected chi connectivity index (χ2v) is 3.70. The molecular weight excluding hydrogens is 230 g/mol. The first-order valence-corrected chi connectivity index (χ1v) is 5.07. The molecule has 0 saturated heterocycles. The highest BCUT2D eigenvalue weighted by Crippen LogP contribution is 2.15. The van der Waals surface area contributed by atoms with E-state index in [0.717, 1.165) is 5.52 Å². The van der Waals surface area contributed by atoms with Gasteiger partial charge >= 0.3 is 5.97 Å². The molecule has 2 heterocycles. The summed E-state index contributed by atoms with van der Waals surface area (Å²) in [5, 5.41) is 4.48. The van der Waals surface area contributed by atoms with Gasteiger partial charge in [0.25, 0.3) is 0 Å². The Balaban J connectivity index is 2.51. The SMILES string of the molecule is COC(=O)Cc1nc(C)n2nc(Cl)ccc12. The normalized spacial score (nSPS) is 10.7. The number of carbonyl (C=O) groups excluding carboxylic acids is 1. The van der Waals surface area contributed by atoms with Crippen molar-refractivity contribution in [3.63, 3.8) is 0 Å². The number of aryl methyl sites for hydroxylation is 1. The van der Waals surface area contributed by atoms with E-state index in [-0.39, 0.29) is 12.4 Å². The van der Waals surface area contributed by atoms with Gasteiger partial charge in [0, 0.05) is 0 Å². The molecular formula is C10H10ClN3O2. The minimum Gasteiger partial charge on any atom is -0.469 e. The molecule has 6 heteroatoms. The summed E-state index contributed by atoms with van der Waals surface area (Å²) in [6.07, 6.45) is 0.136. The van der Waals surface area contributed by atoms with E-state index >= 15 is 0 Å². The van der Waals surface area contributed by atoms with Crippen LogP contribution in [0.2, 0.25) is 5.15 Å². The Morgan fingerprint density at radius 2 is 2.31 bits per heavy atom. The quantitative estimate of drug-likeness (QED) is 0.744. The molecule has 2 aromatic heterocycles. The lowest BCUT2D eigenvalue weighted by molar-refractivity contribution is -0.139. The fraction of sp³-hybridized carbons (Fsp3) is 0.300. The summed E-state index contributed by atoms with van der Waals surface area (Å²) < 4.78 is 6.21. The second-order valence-electron chi connectivity index (χ2n) is 3.31. The lowest BCUT2D eigenvalue weighted by Crippen LogP contribution is -2.05. The molecule has 16 heavy (non-hydrogen) atoms. The number of imidazole rings is 1. The third kappa shape index (κ3) is 1.86. The largest absolute Gasteiger partial charge is 0.469 e. The average Bonchev–Trinajstić information content (AvgIpc) is 2.55. The Hall–Kier alpha value is -1.62. The van der Waals surface area contributed by atoms with Crippen molar-refractivity contribution >= 4 is 23.1 Å². The van der Waals surface area contributed by atoms with Crippen molar-refractivity contribution in [2.45, 2.75) is 13.3 Å². The van der Waals surface area contributed by atoms with E-state index in [1.54, 1.807) is 23.6 Å². The number of nitrogens with zero attached hydrogens (tertiary/aromatic N) is 3. The minimum absolute atomic E-state index is 0.136. The van der Waals surface area contributed by atoms with Crippen LogP contribution in [0.15, 0.2) is 12.1 Å². The molecule has 0 aliphatic heterocycles. The Morgan fingerprint density at radius 1 is 1.56 bits per heavy atom. The Bertz CT molecular complexity index is 550. The maximum Gasteiger partial charge on any atom is 0.311 e. The lowest BCUT2D eigenvalue weighted by Gasteiger charge is -1.97. The summed E-state index contributed by atoms with van der Waals surface area (Å²) in [5.74, 6) is 0.367. The van der Waals surface area contributed by atoms with E-state index in [0.29, 0.717) is 16.7 Å². The van der Waals surface area contributed by atoms with E-state index < -0.39 is 0 Å². The van der Waals surface area contributed by atoms with Crippen LogP contribution in [0.1, 0.15) is 11.5 Å². The molecule has 5 nitrogen and oxygen atoms in total. The summed E-state index contributed by atoms with van der Waals surface area (Å²) in [4.78, 5) is 15.4. The van der Waals surface area contributed by atoms with E-state index in [9.17, 15) is 4.79 Å². The Morgan fingerprint density at radius 3 is 3.00 bits per heavy atom. The molecule has 0 unspecified atom stereocenters. The van der Waals surface area contributed by atoms with Gasteiger partial charge in [0.2, 0.25) is 0 Å². The van der Waals surface area contributed by atoms with Crippen LogP contribution < -0.4 is 0 Å². The number of rotatable bonds is 2. The molecule has 84 valence electrons. The number of aromatic nitrogens is 3.